The van der Waals surface area contributed by atoms with Gasteiger partial charge in [-0.15, -0.1) is 0 Å². The van der Waals surface area contributed by atoms with Crippen LogP contribution in [-0.4, -0.2) is 31.6 Å². The van der Waals surface area contributed by atoms with Crippen LogP contribution >= 0.6 is 0 Å². The molecule has 1 aliphatic carbocycles. The maximum Gasteiger partial charge on any atom is 0.228 e. The maximum absolute atomic E-state index is 12.3. The molecule has 2 N–H and O–H groups in total. The Kier molecular flexibility index (Phi) is 4.82. The van der Waals surface area contributed by atoms with E-state index < -0.39 is 0 Å². The molecule has 6 nitrogen and oxygen atoms in total. The number of carbonyl (C=O) groups is 2. The zero-order valence-electron chi connectivity index (χ0n) is 14.2. The van der Waals surface area contributed by atoms with Crippen molar-refractivity contribution >= 4 is 17.5 Å². The molecule has 0 radical (unpaired) electrons. The molecule has 2 atom stereocenters. The van der Waals surface area contributed by atoms with Gasteiger partial charge in [0.2, 0.25) is 11.8 Å². The Bertz CT molecular complexity index is 607. The van der Waals surface area contributed by atoms with Gasteiger partial charge < -0.3 is 20.1 Å². The summed E-state index contributed by atoms with van der Waals surface area (Å²) < 4.78 is 10.4. The lowest BCUT2D eigenvalue weighted by Gasteiger charge is -2.20. The van der Waals surface area contributed by atoms with E-state index in [1.165, 1.54) is 7.11 Å². The number of benzene rings is 1. The smallest absolute Gasteiger partial charge is 0.228 e. The van der Waals surface area contributed by atoms with E-state index in [0.29, 0.717) is 23.6 Å². The molecule has 2 unspecified atom stereocenters. The number of carbonyl (C=O) groups excluding carboxylic acids is 2. The fourth-order valence-electron chi connectivity index (χ4n) is 2.36. The molecule has 6 heteroatoms. The zero-order chi connectivity index (χ0) is 17.2. The number of rotatable bonds is 5. The van der Waals surface area contributed by atoms with Crippen LogP contribution in [0.3, 0.4) is 0 Å². The van der Waals surface area contributed by atoms with Crippen molar-refractivity contribution < 1.29 is 19.1 Å². The highest BCUT2D eigenvalue weighted by Gasteiger charge is 2.48. The van der Waals surface area contributed by atoms with Crippen molar-refractivity contribution in [2.24, 2.45) is 11.8 Å². The number of anilines is 1. The third kappa shape index (κ3) is 4.37. The summed E-state index contributed by atoms with van der Waals surface area (Å²) >= 11 is 0. The molecular formula is C17H24N2O4. The Balaban J connectivity index is 1.98. The van der Waals surface area contributed by atoms with E-state index in [2.05, 4.69) is 10.6 Å². The van der Waals surface area contributed by atoms with Crippen LogP contribution in [-0.2, 0) is 9.59 Å². The van der Waals surface area contributed by atoms with E-state index in [4.69, 9.17) is 9.47 Å². The molecule has 1 aromatic carbocycles. The molecule has 1 aliphatic rings. The summed E-state index contributed by atoms with van der Waals surface area (Å²) in [5.41, 5.74) is 0.278. The highest BCUT2D eigenvalue weighted by Crippen LogP contribution is 2.40. The second-order valence-corrected chi connectivity index (χ2v) is 6.74. The fourth-order valence-corrected chi connectivity index (χ4v) is 2.36. The van der Waals surface area contributed by atoms with E-state index in [-0.39, 0.29) is 29.2 Å². The van der Waals surface area contributed by atoms with Crippen LogP contribution < -0.4 is 20.1 Å². The fraction of sp³-hybridized carbons (Fsp3) is 0.529. The minimum atomic E-state index is -0.292. The van der Waals surface area contributed by atoms with Gasteiger partial charge in [0.25, 0.3) is 0 Å². The molecule has 0 heterocycles. The molecule has 0 aliphatic heterocycles. The summed E-state index contributed by atoms with van der Waals surface area (Å²) in [6.07, 6.45) is 0.576. The number of amides is 2. The Morgan fingerprint density at radius 3 is 2.30 bits per heavy atom. The molecule has 0 bridgehead atoms. The van der Waals surface area contributed by atoms with Crippen molar-refractivity contribution in [3.63, 3.8) is 0 Å². The lowest BCUT2D eigenvalue weighted by Crippen LogP contribution is -2.42. The van der Waals surface area contributed by atoms with Gasteiger partial charge in [0.1, 0.15) is 11.5 Å². The first-order valence-electron chi connectivity index (χ1n) is 7.60. The van der Waals surface area contributed by atoms with Crippen molar-refractivity contribution in [2.75, 3.05) is 19.5 Å². The molecule has 2 rings (SSSR count). The van der Waals surface area contributed by atoms with E-state index in [9.17, 15) is 9.59 Å². The van der Waals surface area contributed by atoms with Crippen molar-refractivity contribution in [1.29, 1.82) is 0 Å². The highest BCUT2D eigenvalue weighted by molar-refractivity contribution is 6.00. The van der Waals surface area contributed by atoms with Crippen LogP contribution in [0.4, 0.5) is 5.69 Å². The molecule has 1 aromatic rings. The maximum atomic E-state index is 12.3. The van der Waals surface area contributed by atoms with Gasteiger partial charge in [-0.2, -0.15) is 0 Å². The second-order valence-electron chi connectivity index (χ2n) is 6.74. The number of hydrogen-bond acceptors (Lipinski definition) is 4. The summed E-state index contributed by atoms with van der Waals surface area (Å²) in [5.74, 6) is 0.396. The Hall–Kier alpha value is -2.24. The van der Waals surface area contributed by atoms with Gasteiger partial charge in [0, 0.05) is 11.6 Å². The van der Waals surface area contributed by atoms with Gasteiger partial charge >= 0.3 is 0 Å². The Labute approximate surface area is 136 Å². The van der Waals surface area contributed by atoms with Gasteiger partial charge in [0.15, 0.2) is 0 Å². The average Bonchev–Trinajstić information content (AvgIpc) is 3.26. The molecular weight excluding hydrogens is 296 g/mol. The monoisotopic (exact) mass is 320 g/mol. The Morgan fingerprint density at radius 1 is 1.09 bits per heavy atom. The van der Waals surface area contributed by atoms with Crippen molar-refractivity contribution in [1.82, 2.24) is 5.32 Å². The predicted molar refractivity (Wildman–Crippen MR) is 87.7 cm³/mol. The summed E-state index contributed by atoms with van der Waals surface area (Å²) in [4.78, 5) is 24.4. The molecule has 1 saturated carbocycles. The number of nitrogens with one attached hydrogen (secondary N) is 2. The normalized spacial score (nSPS) is 19.7. The summed E-state index contributed by atoms with van der Waals surface area (Å²) in [5, 5.41) is 5.73. The third-order valence-corrected chi connectivity index (χ3v) is 3.63. The summed E-state index contributed by atoms with van der Waals surface area (Å²) in [6.45, 7) is 5.76. The third-order valence-electron chi connectivity index (χ3n) is 3.63. The molecule has 0 saturated heterocycles. The van der Waals surface area contributed by atoms with E-state index in [1.807, 2.05) is 20.8 Å². The Morgan fingerprint density at radius 2 is 1.74 bits per heavy atom. The molecule has 2 amide bonds. The average molecular weight is 320 g/mol. The highest BCUT2D eigenvalue weighted by atomic mass is 16.5. The quantitative estimate of drug-likeness (QED) is 0.872. The standard InChI is InChI=1S/C17H24N2O4/c1-17(2,3)19-16(21)12-9-11(12)15(20)18-13-7-6-10(22-4)8-14(13)23-5/h6-8,11-12H,9H2,1-5H3,(H,18,20)(H,19,21). The zero-order valence-corrected chi connectivity index (χ0v) is 14.2. The molecule has 23 heavy (non-hydrogen) atoms. The SMILES string of the molecule is COc1ccc(NC(=O)C2CC2C(=O)NC(C)(C)C)c(OC)c1. The van der Waals surface area contributed by atoms with Crippen LogP contribution in [0.5, 0.6) is 11.5 Å². The predicted octanol–water partition coefficient (Wildman–Crippen LogP) is 2.19. The second kappa shape index (κ2) is 6.48. The largest absolute Gasteiger partial charge is 0.497 e. The summed E-state index contributed by atoms with van der Waals surface area (Å²) in [7, 11) is 3.09. The van der Waals surface area contributed by atoms with Gasteiger partial charge in [-0.25, -0.2) is 0 Å². The minimum absolute atomic E-state index is 0.0701. The molecule has 1 fully saturated rings. The lowest BCUT2D eigenvalue weighted by molar-refractivity contribution is -0.126. The van der Waals surface area contributed by atoms with Crippen LogP contribution in [0, 0.1) is 11.8 Å². The van der Waals surface area contributed by atoms with E-state index in [1.54, 1.807) is 25.3 Å². The van der Waals surface area contributed by atoms with Crippen molar-refractivity contribution in [2.45, 2.75) is 32.7 Å². The number of hydrogen-bond donors (Lipinski definition) is 2. The molecule has 0 aromatic heterocycles. The van der Waals surface area contributed by atoms with Crippen LogP contribution in [0.2, 0.25) is 0 Å². The van der Waals surface area contributed by atoms with Gasteiger partial charge in [-0.1, -0.05) is 0 Å². The van der Waals surface area contributed by atoms with Gasteiger partial charge in [-0.3, -0.25) is 9.59 Å². The van der Waals surface area contributed by atoms with E-state index in [0.717, 1.165) is 0 Å². The first kappa shape index (κ1) is 17.1. The number of methoxy groups -OCH3 is 2. The molecule has 126 valence electrons. The van der Waals surface area contributed by atoms with E-state index >= 15 is 0 Å². The number of ether oxygens (including phenoxy) is 2. The van der Waals surface area contributed by atoms with Crippen molar-refractivity contribution in [3.8, 4) is 11.5 Å². The van der Waals surface area contributed by atoms with Crippen LogP contribution in [0.1, 0.15) is 27.2 Å². The first-order valence-corrected chi connectivity index (χ1v) is 7.60. The molecule has 0 spiro atoms. The first-order chi connectivity index (χ1) is 10.7. The van der Waals surface area contributed by atoms with Gasteiger partial charge in [-0.05, 0) is 39.3 Å². The summed E-state index contributed by atoms with van der Waals surface area (Å²) in [6, 6.07) is 5.17. The minimum Gasteiger partial charge on any atom is -0.497 e. The van der Waals surface area contributed by atoms with Crippen molar-refractivity contribution in [3.05, 3.63) is 18.2 Å². The topological polar surface area (TPSA) is 76.7 Å². The van der Waals surface area contributed by atoms with Crippen LogP contribution in [0.25, 0.3) is 0 Å². The van der Waals surface area contributed by atoms with Crippen LogP contribution in [0.15, 0.2) is 18.2 Å². The van der Waals surface area contributed by atoms with Gasteiger partial charge in [0.05, 0.1) is 31.7 Å². The lowest BCUT2D eigenvalue weighted by atomic mass is 10.1.